The normalized spacial score (nSPS) is 19.5. The van der Waals surface area contributed by atoms with Crippen LogP contribution in [0.5, 0.6) is 0 Å². The maximum atomic E-state index is 12.1. The first kappa shape index (κ1) is 16.8. The van der Waals surface area contributed by atoms with Crippen LogP contribution in [0.15, 0.2) is 12.4 Å². The molecule has 22 heavy (non-hydrogen) atoms. The van der Waals surface area contributed by atoms with Gasteiger partial charge in [0.15, 0.2) is 0 Å². The predicted molar refractivity (Wildman–Crippen MR) is 73.2 cm³/mol. The maximum absolute atomic E-state index is 12.1. The monoisotopic (exact) mass is 319 g/mol. The Hall–Kier alpha value is -1.57. The second kappa shape index (κ2) is 7.13. The van der Waals surface area contributed by atoms with Crippen LogP contribution in [0.3, 0.4) is 0 Å². The van der Waals surface area contributed by atoms with E-state index >= 15 is 0 Å². The molecule has 0 bridgehead atoms. The highest BCUT2D eigenvalue weighted by atomic mass is 19.4. The summed E-state index contributed by atoms with van der Waals surface area (Å²) in [5, 5.41) is 4.20. The number of carbonyl (C=O) groups is 1. The van der Waals surface area contributed by atoms with Crippen molar-refractivity contribution in [3.8, 4) is 0 Å². The van der Waals surface area contributed by atoms with Crippen molar-refractivity contribution in [2.24, 2.45) is 0 Å². The Balaban J connectivity index is 1.89. The van der Waals surface area contributed by atoms with E-state index in [2.05, 4.69) is 9.84 Å². The third-order valence-electron chi connectivity index (χ3n) is 3.60. The van der Waals surface area contributed by atoms with Crippen LogP contribution in [0.4, 0.5) is 13.2 Å². The lowest BCUT2D eigenvalue weighted by molar-refractivity contribution is -0.178. The van der Waals surface area contributed by atoms with Crippen LogP contribution in [0.2, 0.25) is 0 Å². The van der Waals surface area contributed by atoms with Gasteiger partial charge in [-0.2, -0.15) is 18.3 Å². The van der Waals surface area contributed by atoms with Crippen LogP contribution in [-0.2, 0) is 16.1 Å². The first-order chi connectivity index (χ1) is 10.3. The van der Waals surface area contributed by atoms with E-state index in [1.54, 1.807) is 15.8 Å². The van der Waals surface area contributed by atoms with Crippen molar-refractivity contribution in [3.63, 3.8) is 0 Å². The van der Waals surface area contributed by atoms with Gasteiger partial charge in [0.2, 0.25) is 5.91 Å². The average molecular weight is 319 g/mol. The highest BCUT2D eigenvalue weighted by Gasteiger charge is 2.30. The van der Waals surface area contributed by atoms with Crippen LogP contribution >= 0.6 is 0 Å². The molecule has 1 fully saturated rings. The number of aromatic nitrogens is 2. The predicted octanol–water partition coefficient (Wildman–Crippen LogP) is 2.15. The van der Waals surface area contributed by atoms with E-state index in [0.717, 1.165) is 24.8 Å². The molecule has 1 saturated heterocycles. The summed E-state index contributed by atoms with van der Waals surface area (Å²) in [6.07, 6.45) is 1.90. The molecule has 1 aromatic heterocycles. The zero-order valence-corrected chi connectivity index (χ0v) is 12.5. The summed E-state index contributed by atoms with van der Waals surface area (Å²) in [5.41, 5.74) is 1.03. The number of nitrogens with zero attached hydrogens (tertiary/aromatic N) is 3. The van der Waals surface area contributed by atoms with Crippen molar-refractivity contribution in [1.82, 2.24) is 14.7 Å². The van der Waals surface area contributed by atoms with E-state index in [1.165, 1.54) is 0 Å². The number of halogens is 3. The van der Waals surface area contributed by atoms with Crippen LogP contribution in [-0.4, -0.2) is 52.6 Å². The molecule has 1 amide bonds. The summed E-state index contributed by atoms with van der Waals surface area (Å²) in [5.74, 6) is -0.391. The Labute approximate surface area is 127 Å². The zero-order valence-electron chi connectivity index (χ0n) is 12.5. The summed E-state index contributed by atoms with van der Waals surface area (Å²) < 4.78 is 42.4. The van der Waals surface area contributed by atoms with Crippen LogP contribution in [0, 0.1) is 6.92 Å². The minimum absolute atomic E-state index is 0.0463. The molecule has 0 N–H and O–H groups in total. The SMILES string of the molecule is Cc1cnn(C[C@@H]2CCCCN2C(=O)COCC(F)(F)F)c1. The lowest BCUT2D eigenvalue weighted by atomic mass is 10.0. The molecule has 0 aliphatic carbocycles. The number of rotatable bonds is 5. The fourth-order valence-corrected chi connectivity index (χ4v) is 2.64. The van der Waals surface area contributed by atoms with Gasteiger partial charge in [0.1, 0.15) is 13.2 Å². The molecule has 8 heteroatoms. The molecule has 2 heterocycles. The highest BCUT2D eigenvalue weighted by molar-refractivity contribution is 5.77. The molecule has 2 rings (SSSR count). The van der Waals surface area contributed by atoms with Gasteiger partial charge in [-0.3, -0.25) is 9.48 Å². The summed E-state index contributed by atoms with van der Waals surface area (Å²) in [6, 6.07) is -0.0463. The van der Waals surface area contributed by atoms with Crippen molar-refractivity contribution in [2.75, 3.05) is 19.8 Å². The standard InChI is InChI=1S/C14H20F3N3O2/c1-11-6-18-19(7-11)8-12-4-2-3-5-20(12)13(21)9-22-10-14(15,16)17/h6-7,12H,2-5,8-10H2,1H3/t12-/m0/s1. The van der Waals surface area contributed by atoms with E-state index in [1.807, 2.05) is 13.1 Å². The molecular formula is C14H20F3N3O2. The van der Waals surface area contributed by atoms with Crippen molar-refractivity contribution in [3.05, 3.63) is 18.0 Å². The molecule has 0 radical (unpaired) electrons. The minimum atomic E-state index is -4.41. The first-order valence-corrected chi connectivity index (χ1v) is 7.28. The van der Waals surface area contributed by atoms with E-state index in [-0.39, 0.29) is 6.04 Å². The van der Waals surface area contributed by atoms with E-state index in [4.69, 9.17) is 0 Å². The van der Waals surface area contributed by atoms with Gasteiger partial charge in [0.05, 0.1) is 18.8 Å². The van der Waals surface area contributed by atoms with Gasteiger partial charge in [-0.05, 0) is 31.7 Å². The molecule has 1 aliphatic heterocycles. The number of amides is 1. The Bertz CT molecular complexity index is 502. The summed E-state index contributed by atoms with van der Waals surface area (Å²) >= 11 is 0. The Morgan fingerprint density at radius 1 is 1.45 bits per heavy atom. The Morgan fingerprint density at radius 2 is 2.23 bits per heavy atom. The molecule has 0 aromatic carbocycles. The third kappa shape index (κ3) is 5.01. The van der Waals surface area contributed by atoms with Gasteiger partial charge in [-0.1, -0.05) is 0 Å². The number of aryl methyl sites for hydroxylation is 1. The lowest BCUT2D eigenvalue weighted by Gasteiger charge is -2.35. The van der Waals surface area contributed by atoms with Gasteiger partial charge in [-0.15, -0.1) is 0 Å². The zero-order chi connectivity index (χ0) is 16.2. The lowest BCUT2D eigenvalue weighted by Crippen LogP contribution is -2.47. The van der Waals surface area contributed by atoms with E-state index in [0.29, 0.717) is 13.1 Å². The number of hydrogen-bond acceptors (Lipinski definition) is 3. The molecule has 0 unspecified atom stereocenters. The molecule has 0 spiro atoms. The van der Waals surface area contributed by atoms with Crippen LogP contribution in [0.25, 0.3) is 0 Å². The topological polar surface area (TPSA) is 47.4 Å². The van der Waals surface area contributed by atoms with Gasteiger partial charge in [0, 0.05) is 12.7 Å². The number of hydrogen-bond donors (Lipinski definition) is 0. The number of carbonyl (C=O) groups excluding carboxylic acids is 1. The fraction of sp³-hybridized carbons (Fsp3) is 0.714. The summed E-state index contributed by atoms with van der Waals surface area (Å²) in [6.45, 7) is 1.11. The summed E-state index contributed by atoms with van der Waals surface area (Å²) in [7, 11) is 0. The number of ether oxygens (including phenoxy) is 1. The smallest absolute Gasteiger partial charge is 0.362 e. The quantitative estimate of drug-likeness (QED) is 0.835. The molecular weight excluding hydrogens is 299 g/mol. The molecule has 5 nitrogen and oxygen atoms in total. The average Bonchev–Trinajstić information content (AvgIpc) is 2.83. The Morgan fingerprint density at radius 3 is 2.86 bits per heavy atom. The van der Waals surface area contributed by atoms with Crippen LogP contribution < -0.4 is 0 Å². The van der Waals surface area contributed by atoms with Crippen molar-refractivity contribution < 1.29 is 22.7 Å². The van der Waals surface area contributed by atoms with Gasteiger partial charge >= 0.3 is 6.18 Å². The fourth-order valence-electron chi connectivity index (χ4n) is 2.64. The number of likely N-dealkylation sites (tertiary alicyclic amines) is 1. The van der Waals surface area contributed by atoms with E-state index in [9.17, 15) is 18.0 Å². The largest absolute Gasteiger partial charge is 0.411 e. The van der Waals surface area contributed by atoms with Crippen molar-refractivity contribution >= 4 is 5.91 Å². The molecule has 124 valence electrons. The van der Waals surface area contributed by atoms with Gasteiger partial charge in [0.25, 0.3) is 0 Å². The number of piperidine rings is 1. The first-order valence-electron chi connectivity index (χ1n) is 7.28. The Kier molecular flexibility index (Phi) is 5.44. The molecule has 1 atom stereocenters. The second-order valence-corrected chi connectivity index (χ2v) is 5.58. The van der Waals surface area contributed by atoms with Gasteiger partial charge < -0.3 is 9.64 Å². The highest BCUT2D eigenvalue weighted by Crippen LogP contribution is 2.19. The second-order valence-electron chi connectivity index (χ2n) is 5.58. The molecule has 1 aliphatic rings. The van der Waals surface area contributed by atoms with E-state index < -0.39 is 25.3 Å². The summed E-state index contributed by atoms with van der Waals surface area (Å²) in [4.78, 5) is 13.7. The number of alkyl halides is 3. The van der Waals surface area contributed by atoms with Gasteiger partial charge in [-0.25, -0.2) is 0 Å². The molecule has 1 aromatic rings. The van der Waals surface area contributed by atoms with Crippen molar-refractivity contribution in [1.29, 1.82) is 0 Å². The third-order valence-corrected chi connectivity index (χ3v) is 3.60. The van der Waals surface area contributed by atoms with Crippen molar-refractivity contribution in [2.45, 2.75) is 44.9 Å². The minimum Gasteiger partial charge on any atom is -0.362 e. The maximum Gasteiger partial charge on any atom is 0.411 e. The van der Waals surface area contributed by atoms with Crippen LogP contribution in [0.1, 0.15) is 24.8 Å². The molecule has 0 saturated carbocycles.